The van der Waals surface area contributed by atoms with Crippen LogP contribution in [0.25, 0.3) is 0 Å². The lowest BCUT2D eigenvalue weighted by atomic mass is 10.0. The largest absolute Gasteiger partial charge is 0.377 e. The van der Waals surface area contributed by atoms with Gasteiger partial charge in [0, 0.05) is 37.4 Å². The molecule has 0 atom stereocenters. The van der Waals surface area contributed by atoms with Crippen LogP contribution in [0, 0.1) is 0 Å². The number of rotatable bonds is 5. The number of piperidine rings is 1. The van der Waals surface area contributed by atoms with Crippen LogP contribution in [0.1, 0.15) is 24.0 Å². The predicted octanol–water partition coefficient (Wildman–Crippen LogP) is 3.61. The molecule has 0 amide bonds. The Kier molecular flexibility index (Phi) is 6.49. The number of anilines is 1. The van der Waals surface area contributed by atoms with Crippen LogP contribution in [0.5, 0.6) is 0 Å². The van der Waals surface area contributed by atoms with Crippen LogP contribution in [0.3, 0.4) is 0 Å². The van der Waals surface area contributed by atoms with Crippen molar-refractivity contribution in [3.63, 3.8) is 0 Å². The van der Waals surface area contributed by atoms with Crippen molar-refractivity contribution in [2.24, 2.45) is 15.9 Å². The molecule has 2 aliphatic rings. The van der Waals surface area contributed by atoms with Gasteiger partial charge in [0.15, 0.2) is 11.0 Å². The van der Waals surface area contributed by atoms with Crippen LogP contribution in [-0.4, -0.2) is 43.5 Å². The predicted molar refractivity (Wildman–Crippen MR) is 119 cm³/mol. The first-order valence-electron chi connectivity index (χ1n) is 9.89. The molecule has 6 nitrogen and oxygen atoms in total. The van der Waals surface area contributed by atoms with Crippen LogP contribution in [0.15, 0.2) is 64.8 Å². The number of nitrogens with zero attached hydrogens (tertiary/aromatic N) is 3. The van der Waals surface area contributed by atoms with Crippen molar-refractivity contribution in [2.45, 2.75) is 24.4 Å². The van der Waals surface area contributed by atoms with E-state index in [2.05, 4.69) is 51.5 Å². The summed E-state index contributed by atoms with van der Waals surface area (Å²) in [7, 11) is 0. The van der Waals surface area contributed by atoms with Crippen LogP contribution < -0.4 is 10.6 Å². The fourth-order valence-electron chi connectivity index (χ4n) is 3.58. The lowest BCUT2D eigenvalue weighted by Crippen LogP contribution is -2.45. The number of nitrogens with two attached hydrogens (primary N) is 1. The molecule has 1 spiro atoms. The molecular formula is C22H26N4O2S. The Balaban J connectivity index is 1.26. The van der Waals surface area contributed by atoms with E-state index in [1.165, 1.54) is 23.0 Å². The lowest BCUT2D eigenvalue weighted by molar-refractivity contribution is -0.169. The highest BCUT2D eigenvalue weighted by Crippen LogP contribution is 2.33. The van der Waals surface area contributed by atoms with Crippen molar-refractivity contribution in [1.82, 2.24) is 0 Å². The molecule has 2 fully saturated rings. The number of ether oxygens (including phenoxy) is 2. The summed E-state index contributed by atoms with van der Waals surface area (Å²) in [6, 6.07) is 18.5. The summed E-state index contributed by atoms with van der Waals surface area (Å²) >= 11 is 1.48. The topological polar surface area (TPSA) is 72.4 Å². The zero-order chi connectivity index (χ0) is 19.9. The van der Waals surface area contributed by atoms with Gasteiger partial charge in [-0.1, -0.05) is 54.2 Å². The van der Waals surface area contributed by atoms with Crippen molar-refractivity contribution in [3.05, 3.63) is 65.7 Å². The molecule has 29 heavy (non-hydrogen) atoms. The summed E-state index contributed by atoms with van der Waals surface area (Å²) in [4.78, 5) is 2.37. The highest BCUT2D eigenvalue weighted by Gasteiger charge is 2.39. The number of hydrogen-bond donors (Lipinski definition) is 1. The van der Waals surface area contributed by atoms with E-state index in [-0.39, 0.29) is 5.79 Å². The summed E-state index contributed by atoms with van der Waals surface area (Å²) in [6.45, 7) is 3.30. The fraction of sp³-hybridized carbons (Fsp3) is 0.364. The van der Waals surface area contributed by atoms with Gasteiger partial charge in [0.1, 0.15) is 0 Å². The van der Waals surface area contributed by atoms with Gasteiger partial charge in [0.2, 0.25) is 0 Å². The minimum Gasteiger partial charge on any atom is -0.377 e. The van der Waals surface area contributed by atoms with Crippen molar-refractivity contribution in [1.29, 1.82) is 0 Å². The summed E-state index contributed by atoms with van der Waals surface area (Å²) in [5, 5.41) is 8.65. The van der Waals surface area contributed by atoms with E-state index < -0.39 is 0 Å². The molecule has 0 aromatic heterocycles. The highest BCUT2D eigenvalue weighted by atomic mass is 32.2. The second-order valence-electron chi connectivity index (χ2n) is 7.14. The van der Waals surface area contributed by atoms with E-state index in [0.29, 0.717) is 18.4 Å². The molecule has 4 rings (SSSR count). The maximum Gasteiger partial charge on any atom is 0.180 e. The summed E-state index contributed by atoms with van der Waals surface area (Å²) < 4.78 is 11.6. The molecule has 0 radical (unpaired) electrons. The first-order chi connectivity index (χ1) is 14.2. The molecule has 0 unspecified atom stereocenters. The average Bonchev–Trinajstić information content (AvgIpc) is 3.22. The third-order valence-electron chi connectivity index (χ3n) is 5.19. The normalized spacial score (nSPS) is 19.3. The maximum absolute atomic E-state index is 5.93. The Labute approximate surface area is 175 Å². The van der Waals surface area contributed by atoms with Gasteiger partial charge < -0.3 is 20.1 Å². The number of hydrogen-bond acceptors (Lipinski definition) is 6. The second kappa shape index (κ2) is 9.43. The molecule has 0 bridgehead atoms. The molecule has 0 saturated carbocycles. The Morgan fingerprint density at radius 2 is 1.72 bits per heavy atom. The minimum atomic E-state index is -0.334. The van der Waals surface area contributed by atoms with Crippen molar-refractivity contribution in [3.8, 4) is 0 Å². The number of thioether (sulfide) groups is 1. The first-order valence-corrected chi connectivity index (χ1v) is 10.9. The Bertz CT molecular complexity index is 839. The van der Waals surface area contributed by atoms with Crippen molar-refractivity contribution < 1.29 is 9.47 Å². The van der Waals surface area contributed by atoms with Gasteiger partial charge in [-0.15, -0.1) is 5.10 Å². The first kappa shape index (κ1) is 19.9. The summed E-state index contributed by atoms with van der Waals surface area (Å²) in [6.07, 6.45) is 3.54. The molecule has 2 aliphatic heterocycles. The standard InChI is InChI=1S/C22H26N4O2S/c23-21(29-17-19-4-2-1-3-5-19)25-24-16-18-6-8-20(9-7-18)26-12-10-22(11-13-26)27-14-15-28-22/h1-9,16H,10-15,17H2,(H2,23,25). The van der Waals surface area contributed by atoms with Gasteiger partial charge in [-0.3, -0.25) is 0 Å². The third kappa shape index (κ3) is 5.38. The average molecular weight is 411 g/mol. The number of amidine groups is 1. The van der Waals surface area contributed by atoms with E-state index in [4.69, 9.17) is 15.2 Å². The molecule has 0 aliphatic carbocycles. The molecule has 2 saturated heterocycles. The zero-order valence-electron chi connectivity index (χ0n) is 16.4. The monoisotopic (exact) mass is 410 g/mol. The van der Waals surface area contributed by atoms with Crippen LogP contribution >= 0.6 is 11.8 Å². The second-order valence-corrected chi connectivity index (χ2v) is 8.14. The quantitative estimate of drug-likeness (QED) is 0.463. The SMILES string of the molecule is NC(=NN=Cc1ccc(N2CCC3(CC2)OCCO3)cc1)SCc1ccccc1. The smallest absolute Gasteiger partial charge is 0.180 e. The minimum absolute atomic E-state index is 0.334. The third-order valence-corrected chi connectivity index (χ3v) is 6.04. The van der Waals surface area contributed by atoms with Gasteiger partial charge >= 0.3 is 0 Å². The van der Waals surface area contributed by atoms with E-state index >= 15 is 0 Å². The van der Waals surface area contributed by atoms with Crippen LogP contribution in [-0.2, 0) is 15.2 Å². The van der Waals surface area contributed by atoms with Crippen LogP contribution in [0.2, 0.25) is 0 Å². The Hall–Kier alpha value is -2.35. The van der Waals surface area contributed by atoms with Gasteiger partial charge in [0.25, 0.3) is 0 Å². The zero-order valence-corrected chi connectivity index (χ0v) is 17.2. The van der Waals surface area contributed by atoms with E-state index in [0.717, 1.165) is 37.2 Å². The number of benzene rings is 2. The van der Waals surface area contributed by atoms with Crippen molar-refractivity contribution >= 4 is 28.8 Å². The molecule has 2 aromatic rings. The lowest BCUT2D eigenvalue weighted by Gasteiger charge is -2.38. The Morgan fingerprint density at radius 3 is 2.41 bits per heavy atom. The van der Waals surface area contributed by atoms with Gasteiger partial charge in [-0.2, -0.15) is 5.10 Å². The van der Waals surface area contributed by atoms with Crippen molar-refractivity contribution in [2.75, 3.05) is 31.2 Å². The molecular weight excluding hydrogens is 384 g/mol. The van der Waals surface area contributed by atoms with Gasteiger partial charge in [-0.25, -0.2) is 0 Å². The summed E-state index contributed by atoms with van der Waals surface area (Å²) in [5.41, 5.74) is 9.34. The summed E-state index contributed by atoms with van der Waals surface area (Å²) in [5.74, 6) is 0.452. The van der Waals surface area contributed by atoms with E-state index in [1.54, 1.807) is 6.21 Å². The molecule has 7 heteroatoms. The fourth-order valence-corrected chi connectivity index (χ4v) is 4.19. The molecule has 152 valence electrons. The Morgan fingerprint density at radius 1 is 1.03 bits per heavy atom. The molecule has 2 heterocycles. The molecule has 2 N–H and O–H groups in total. The van der Waals surface area contributed by atoms with Crippen LogP contribution in [0.4, 0.5) is 5.69 Å². The van der Waals surface area contributed by atoms with Gasteiger partial charge in [0.05, 0.1) is 19.4 Å². The highest BCUT2D eigenvalue weighted by molar-refractivity contribution is 8.13. The maximum atomic E-state index is 5.93. The van der Waals surface area contributed by atoms with Gasteiger partial charge in [-0.05, 0) is 23.3 Å². The molecule has 2 aromatic carbocycles. The van der Waals surface area contributed by atoms with E-state index in [9.17, 15) is 0 Å². The van der Waals surface area contributed by atoms with E-state index in [1.807, 2.05) is 18.2 Å².